The Morgan fingerprint density at radius 3 is 2.40 bits per heavy atom. The summed E-state index contributed by atoms with van der Waals surface area (Å²) >= 11 is 6.14. The zero-order valence-electron chi connectivity index (χ0n) is 14.7. The van der Waals surface area contributed by atoms with Crippen molar-refractivity contribution in [3.63, 3.8) is 0 Å². The van der Waals surface area contributed by atoms with Crippen molar-refractivity contribution in [1.29, 1.82) is 0 Å². The van der Waals surface area contributed by atoms with Gasteiger partial charge in [-0.3, -0.25) is 9.59 Å². The largest absolute Gasteiger partial charge is 0.350 e. The van der Waals surface area contributed by atoms with Crippen LogP contribution < -0.4 is 10.6 Å². The fraction of sp³-hybridized carbons (Fsp3) is 0.300. The van der Waals surface area contributed by atoms with Crippen LogP contribution in [0.3, 0.4) is 0 Å². The molecule has 0 saturated carbocycles. The van der Waals surface area contributed by atoms with Gasteiger partial charge in [0.15, 0.2) is 0 Å². The van der Waals surface area contributed by atoms with Gasteiger partial charge in [-0.2, -0.15) is 0 Å². The van der Waals surface area contributed by atoms with Gasteiger partial charge in [0, 0.05) is 11.7 Å². The molecule has 2 unspecified atom stereocenters. The number of hydrogen-bond donors (Lipinski definition) is 2. The first-order chi connectivity index (χ1) is 11.9. The molecule has 0 bridgehead atoms. The number of nitrogens with one attached hydrogen (secondary N) is 2. The van der Waals surface area contributed by atoms with Gasteiger partial charge in [-0.15, -0.1) is 0 Å². The summed E-state index contributed by atoms with van der Waals surface area (Å²) in [5, 5.41) is 6.09. The van der Waals surface area contributed by atoms with Gasteiger partial charge >= 0.3 is 0 Å². The molecule has 132 valence electrons. The molecule has 2 aromatic rings. The second kappa shape index (κ2) is 8.67. The Morgan fingerprint density at radius 1 is 1.08 bits per heavy atom. The summed E-state index contributed by atoms with van der Waals surface area (Å²) in [4.78, 5) is 24.8. The Hall–Kier alpha value is -2.33. The number of hydrogen-bond acceptors (Lipinski definition) is 2. The van der Waals surface area contributed by atoms with Crippen LogP contribution in [0.4, 0.5) is 5.69 Å². The summed E-state index contributed by atoms with van der Waals surface area (Å²) in [6.45, 7) is 5.77. The number of rotatable bonds is 6. The van der Waals surface area contributed by atoms with E-state index >= 15 is 0 Å². The molecule has 2 rings (SSSR count). The fourth-order valence-electron chi connectivity index (χ4n) is 2.32. The number of anilines is 1. The van der Waals surface area contributed by atoms with E-state index in [1.807, 2.05) is 51.1 Å². The van der Waals surface area contributed by atoms with E-state index in [1.54, 1.807) is 18.2 Å². The number of carbonyl (C=O) groups excluding carboxylic acids is 2. The van der Waals surface area contributed by atoms with Gasteiger partial charge in [0.2, 0.25) is 5.91 Å². The summed E-state index contributed by atoms with van der Waals surface area (Å²) in [7, 11) is 0. The van der Waals surface area contributed by atoms with E-state index in [2.05, 4.69) is 10.6 Å². The molecule has 0 heterocycles. The molecule has 2 aromatic carbocycles. The fourth-order valence-corrected chi connectivity index (χ4v) is 2.53. The van der Waals surface area contributed by atoms with Crippen LogP contribution in [0.2, 0.25) is 5.02 Å². The third kappa shape index (κ3) is 5.07. The third-order valence-corrected chi connectivity index (χ3v) is 4.49. The van der Waals surface area contributed by atoms with Crippen molar-refractivity contribution >= 4 is 29.1 Å². The molecule has 0 aliphatic heterocycles. The predicted octanol–water partition coefficient (Wildman–Crippen LogP) is 4.61. The van der Waals surface area contributed by atoms with Gasteiger partial charge < -0.3 is 10.6 Å². The van der Waals surface area contributed by atoms with Crippen molar-refractivity contribution in [2.45, 2.75) is 39.2 Å². The minimum absolute atomic E-state index is 0.0555. The highest BCUT2D eigenvalue weighted by molar-refractivity contribution is 6.34. The molecule has 0 radical (unpaired) electrons. The quantitative estimate of drug-likeness (QED) is 0.792. The average molecular weight is 359 g/mol. The van der Waals surface area contributed by atoms with Crippen molar-refractivity contribution in [3.8, 4) is 0 Å². The van der Waals surface area contributed by atoms with E-state index in [1.165, 1.54) is 0 Å². The molecule has 5 heteroatoms. The maximum Gasteiger partial charge on any atom is 0.253 e. The van der Waals surface area contributed by atoms with Crippen LogP contribution in [0.25, 0.3) is 0 Å². The van der Waals surface area contributed by atoms with Crippen LogP contribution in [-0.4, -0.2) is 17.9 Å². The number of benzene rings is 2. The second-order valence-electron chi connectivity index (χ2n) is 6.10. The molecule has 2 amide bonds. The molecule has 0 saturated heterocycles. The SMILES string of the molecule is CCC(C)NC(=O)c1cc(NC(=O)C(C)c2ccccc2)ccc1Cl. The van der Waals surface area contributed by atoms with E-state index in [-0.39, 0.29) is 23.8 Å². The first-order valence-corrected chi connectivity index (χ1v) is 8.76. The monoisotopic (exact) mass is 358 g/mol. The second-order valence-corrected chi connectivity index (χ2v) is 6.51. The molecule has 0 aliphatic rings. The maximum absolute atomic E-state index is 12.5. The Labute approximate surface area is 153 Å². The van der Waals surface area contributed by atoms with Crippen LogP contribution in [0.5, 0.6) is 0 Å². The highest BCUT2D eigenvalue weighted by Gasteiger charge is 2.17. The summed E-state index contributed by atoms with van der Waals surface area (Å²) in [6.07, 6.45) is 0.828. The lowest BCUT2D eigenvalue weighted by Gasteiger charge is -2.15. The molecular weight excluding hydrogens is 336 g/mol. The highest BCUT2D eigenvalue weighted by atomic mass is 35.5. The lowest BCUT2D eigenvalue weighted by Crippen LogP contribution is -2.32. The van der Waals surface area contributed by atoms with E-state index in [0.29, 0.717) is 16.3 Å². The van der Waals surface area contributed by atoms with Crippen molar-refractivity contribution in [1.82, 2.24) is 5.32 Å². The summed E-state index contributed by atoms with van der Waals surface area (Å²) < 4.78 is 0. The number of amides is 2. The van der Waals surface area contributed by atoms with Crippen LogP contribution in [0.1, 0.15) is 49.0 Å². The average Bonchev–Trinajstić information content (AvgIpc) is 2.63. The lowest BCUT2D eigenvalue weighted by molar-refractivity contribution is -0.117. The molecule has 0 aromatic heterocycles. The predicted molar refractivity (Wildman–Crippen MR) is 102 cm³/mol. The van der Waals surface area contributed by atoms with Gasteiger partial charge in [0.1, 0.15) is 0 Å². The summed E-state index contributed by atoms with van der Waals surface area (Å²) in [6, 6.07) is 14.5. The first-order valence-electron chi connectivity index (χ1n) is 8.38. The van der Waals surface area contributed by atoms with Crippen LogP contribution in [-0.2, 0) is 4.79 Å². The van der Waals surface area contributed by atoms with Crippen molar-refractivity contribution < 1.29 is 9.59 Å². The van der Waals surface area contributed by atoms with E-state index in [4.69, 9.17) is 11.6 Å². The van der Waals surface area contributed by atoms with Crippen LogP contribution in [0.15, 0.2) is 48.5 Å². The Kier molecular flexibility index (Phi) is 6.59. The number of carbonyl (C=O) groups is 2. The minimum Gasteiger partial charge on any atom is -0.350 e. The summed E-state index contributed by atoms with van der Waals surface area (Å²) in [5.74, 6) is -0.678. The smallest absolute Gasteiger partial charge is 0.253 e. The topological polar surface area (TPSA) is 58.2 Å². The minimum atomic E-state index is -0.297. The van der Waals surface area contributed by atoms with E-state index < -0.39 is 0 Å². The zero-order chi connectivity index (χ0) is 18.4. The Morgan fingerprint density at radius 2 is 1.76 bits per heavy atom. The normalized spacial score (nSPS) is 13.0. The molecule has 2 N–H and O–H groups in total. The molecule has 0 aliphatic carbocycles. The van der Waals surface area contributed by atoms with E-state index in [9.17, 15) is 9.59 Å². The standard InChI is InChI=1S/C20H23ClN2O2/c1-4-13(2)22-20(25)17-12-16(10-11-18(17)21)23-19(24)14(3)15-8-6-5-7-9-15/h5-14H,4H2,1-3H3,(H,22,25)(H,23,24). The molecule has 2 atom stereocenters. The first kappa shape index (κ1) is 19.0. The van der Waals surface area contributed by atoms with Crippen molar-refractivity contribution in [2.75, 3.05) is 5.32 Å². The number of halogens is 1. The lowest BCUT2D eigenvalue weighted by atomic mass is 10.0. The van der Waals surface area contributed by atoms with Crippen molar-refractivity contribution in [2.24, 2.45) is 0 Å². The maximum atomic E-state index is 12.5. The molecular formula is C20H23ClN2O2. The van der Waals surface area contributed by atoms with E-state index in [0.717, 1.165) is 12.0 Å². The third-order valence-electron chi connectivity index (χ3n) is 4.16. The van der Waals surface area contributed by atoms with Crippen molar-refractivity contribution in [3.05, 3.63) is 64.7 Å². The van der Waals surface area contributed by atoms with Gasteiger partial charge in [0.25, 0.3) is 5.91 Å². The van der Waals surface area contributed by atoms with Gasteiger partial charge in [0.05, 0.1) is 16.5 Å². The van der Waals surface area contributed by atoms with Crippen LogP contribution in [0, 0.1) is 0 Å². The Bertz CT molecular complexity index is 747. The van der Waals surface area contributed by atoms with Gasteiger partial charge in [-0.05, 0) is 44.0 Å². The highest BCUT2D eigenvalue weighted by Crippen LogP contribution is 2.23. The van der Waals surface area contributed by atoms with Gasteiger partial charge in [-0.25, -0.2) is 0 Å². The molecule has 4 nitrogen and oxygen atoms in total. The molecule has 0 spiro atoms. The molecule has 0 fully saturated rings. The molecule has 25 heavy (non-hydrogen) atoms. The van der Waals surface area contributed by atoms with Gasteiger partial charge in [-0.1, -0.05) is 48.9 Å². The zero-order valence-corrected chi connectivity index (χ0v) is 15.4. The Balaban J connectivity index is 2.14. The van der Waals surface area contributed by atoms with Crippen LogP contribution >= 0.6 is 11.6 Å². The summed E-state index contributed by atoms with van der Waals surface area (Å²) in [5.41, 5.74) is 1.84.